The fourth-order valence-corrected chi connectivity index (χ4v) is 4.52. The summed E-state index contributed by atoms with van der Waals surface area (Å²) in [6.07, 6.45) is 1.68. The molecule has 0 N–H and O–H groups in total. The number of benzene rings is 2. The number of morpholine rings is 1. The maximum Gasteiger partial charge on any atom is 0.276 e. The lowest BCUT2D eigenvalue weighted by Gasteiger charge is -2.27. The first-order valence-electron chi connectivity index (χ1n) is 11.0. The summed E-state index contributed by atoms with van der Waals surface area (Å²) in [5, 5.41) is 1.11. The van der Waals surface area contributed by atoms with Crippen molar-refractivity contribution in [1.29, 1.82) is 0 Å². The van der Waals surface area contributed by atoms with Crippen molar-refractivity contribution < 1.29 is 4.74 Å². The Morgan fingerprint density at radius 3 is 2.30 bits per heavy atom. The Balaban J connectivity index is 1.53. The molecule has 170 valence electrons. The van der Waals surface area contributed by atoms with E-state index in [1.54, 1.807) is 34.6 Å². The van der Waals surface area contributed by atoms with E-state index in [1.165, 1.54) is 16.3 Å². The molecule has 0 amide bonds. The predicted octanol–water partition coefficient (Wildman–Crippen LogP) is 3.02. The predicted molar refractivity (Wildman–Crippen MR) is 129 cm³/mol. The first-order valence-corrected chi connectivity index (χ1v) is 11.3. The van der Waals surface area contributed by atoms with Gasteiger partial charge in [-0.3, -0.25) is 19.2 Å². The number of pyridine rings is 1. The SMILES string of the molecule is Cn1c(=O)c2cn(Cc3ccccc3CN3CCOCC3)c(=O)cc2n1-c1ccc(Cl)cc1. The van der Waals surface area contributed by atoms with Gasteiger partial charge >= 0.3 is 0 Å². The van der Waals surface area contributed by atoms with E-state index in [0.29, 0.717) is 22.5 Å². The van der Waals surface area contributed by atoms with Crippen molar-refractivity contribution in [3.05, 3.63) is 97.7 Å². The van der Waals surface area contributed by atoms with Gasteiger partial charge in [0.15, 0.2) is 0 Å². The minimum atomic E-state index is -0.157. The van der Waals surface area contributed by atoms with Gasteiger partial charge in [-0.1, -0.05) is 35.9 Å². The average molecular weight is 465 g/mol. The molecule has 0 radical (unpaired) electrons. The topological polar surface area (TPSA) is 61.4 Å². The number of hydrogen-bond donors (Lipinski definition) is 0. The Morgan fingerprint density at radius 1 is 0.939 bits per heavy atom. The molecule has 0 atom stereocenters. The summed E-state index contributed by atoms with van der Waals surface area (Å²) in [4.78, 5) is 28.5. The molecular formula is C25H25ClN4O3. The van der Waals surface area contributed by atoms with Crippen molar-refractivity contribution in [2.24, 2.45) is 7.05 Å². The lowest BCUT2D eigenvalue weighted by molar-refractivity contribution is 0.0340. The Hall–Kier alpha value is -3.13. The summed E-state index contributed by atoms with van der Waals surface area (Å²) in [6, 6.07) is 16.9. The molecule has 3 heterocycles. The minimum absolute atomic E-state index is 0.156. The van der Waals surface area contributed by atoms with Crippen LogP contribution in [-0.4, -0.2) is 45.1 Å². The molecule has 5 rings (SSSR count). The first-order chi connectivity index (χ1) is 16.0. The van der Waals surface area contributed by atoms with E-state index >= 15 is 0 Å². The molecule has 1 saturated heterocycles. The number of ether oxygens (including phenoxy) is 1. The van der Waals surface area contributed by atoms with Gasteiger partial charge in [-0.25, -0.2) is 4.68 Å². The van der Waals surface area contributed by atoms with Crippen molar-refractivity contribution in [3.8, 4) is 5.69 Å². The van der Waals surface area contributed by atoms with Crippen molar-refractivity contribution in [1.82, 2.24) is 18.8 Å². The lowest BCUT2D eigenvalue weighted by atomic mass is 10.1. The maximum absolute atomic E-state index is 13.1. The summed E-state index contributed by atoms with van der Waals surface area (Å²) in [7, 11) is 1.70. The van der Waals surface area contributed by atoms with Crippen LogP contribution in [0.25, 0.3) is 16.6 Å². The standard InChI is InChI=1S/C25H25ClN4O3/c1-27-25(32)22-17-29(24(31)14-23(22)30(27)21-8-6-20(26)7-9-21)16-19-5-3-2-4-18(19)15-28-10-12-33-13-11-28/h2-9,14,17H,10-13,15-16H2,1H3. The highest BCUT2D eigenvalue weighted by atomic mass is 35.5. The van der Waals surface area contributed by atoms with Gasteiger partial charge in [-0.05, 0) is 35.4 Å². The molecule has 0 saturated carbocycles. The minimum Gasteiger partial charge on any atom is -0.379 e. The zero-order valence-electron chi connectivity index (χ0n) is 18.4. The van der Waals surface area contributed by atoms with Crippen LogP contribution in [-0.2, 0) is 24.9 Å². The van der Waals surface area contributed by atoms with E-state index in [4.69, 9.17) is 16.3 Å². The normalized spacial score (nSPS) is 14.7. The van der Waals surface area contributed by atoms with Crippen LogP contribution in [0.15, 0.2) is 70.4 Å². The van der Waals surface area contributed by atoms with Crippen molar-refractivity contribution in [2.45, 2.75) is 13.1 Å². The largest absolute Gasteiger partial charge is 0.379 e. The van der Waals surface area contributed by atoms with E-state index < -0.39 is 0 Å². The zero-order valence-corrected chi connectivity index (χ0v) is 19.2. The third-order valence-electron chi connectivity index (χ3n) is 6.18. The second kappa shape index (κ2) is 9.02. The van der Waals surface area contributed by atoms with Gasteiger partial charge in [-0.2, -0.15) is 0 Å². The maximum atomic E-state index is 13.1. The number of hydrogen-bond acceptors (Lipinski definition) is 4. The number of rotatable bonds is 5. The van der Waals surface area contributed by atoms with Crippen molar-refractivity contribution >= 4 is 22.5 Å². The van der Waals surface area contributed by atoms with Gasteiger partial charge in [0.25, 0.3) is 11.1 Å². The van der Waals surface area contributed by atoms with Crippen molar-refractivity contribution in [2.75, 3.05) is 26.3 Å². The van der Waals surface area contributed by atoms with Crippen LogP contribution < -0.4 is 11.1 Å². The molecular weight excluding hydrogens is 440 g/mol. The third-order valence-corrected chi connectivity index (χ3v) is 6.44. The van der Waals surface area contributed by atoms with E-state index in [-0.39, 0.29) is 11.1 Å². The Morgan fingerprint density at radius 2 is 1.61 bits per heavy atom. The number of fused-ring (bicyclic) bond motifs is 1. The fraction of sp³-hybridized carbons (Fsp3) is 0.280. The van der Waals surface area contributed by atoms with E-state index in [0.717, 1.165) is 44.1 Å². The van der Waals surface area contributed by atoms with Crippen LogP contribution in [0.5, 0.6) is 0 Å². The van der Waals surface area contributed by atoms with E-state index in [2.05, 4.69) is 11.0 Å². The molecule has 1 aliphatic rings. The second-order valence-electron chi connectivity index (χ2n) is 8.31. The highest BCUT2D eigenvalue weighted by Crippen LogP contribution is 2.19. The van der Waals surface area contributed by atoms with Gasteiger partial charge < -0.3 is 9.30 Å². The lowest BCUT2D eigenvalue weighted by Crippen LogP contribution is -2.36. The van der Waals surface area contributed by atoms with Crippen molar-refractivity contribution in [3.63, 3.8) is 0 Å². The van der Waals surface area contributed by atoms with Crippen LogP contribution >= 0.6 is 11.6 Å². The average Bonchev–Trinajstić information content (AvgIpc) is 3.06. The van der Waals surface area contributed by atoms with Crippen LogP contribution in [0.1, 0.15) is 11.1 Å². The highest BCUT2D eigenvalue weighted by Gasteiger charge is 2.16. The summed E-state index contributed by atoms with van der Waals surface area (Å²) < 4.78 is 10.3. The van der Waals surface area contributed by atoms with Gasteiger partial charge in [0.1, 0.15) is 0 Å². The monoisotopic (exact) mass is 464 g/mol. The molecule has 2 aromatic heterocycles. The molecule has 33 heavy (non-hydrogen) atoms. The Kier molecular flexibility index (Phi) is 5.93. The molecule has 1 aliphatic heterocycles. The fourth-order valence-electron chi connectivity index (χ4n) is 4.40. The van der Waals surface area contributed by atoms with Gasteiger partial charge in [0, 0.05) is 44.0 Å². The molecule has 0 bridgehead atoms. The Labute approximate surface area is 196 Å². The smallest absolute Gasteiger partial charge is 0.276 e. The zero-order chi connectivity index (χ0) is 22.9. The summed E-state index contributed by atoms with van der Waals surface area (Å²) in [5.74, 6) is 0. The Bertz CT molecular complexity index is 1410. The molecule has 0 aliphatic carbocycles. The molecule has 7 nitrogen and oxygen atoms in total. The first kappa shape index (κ1) is 21.7. The van der Waals surface area contributed by atoms with Crippen LogP contribution in [0.4, 0.5) is 0 Å². The van der Waals surface area contributed by atoms with E-state index in [9.17, 15) is 9.59 Å². The molecule has 8 heteroatoms. The van der Waals surface area contributed by atoms with Gasteiger partial charge in [0.2, 0.25) is 0 Å². The van der Waals surface area contributed by atoms with Crippen LogP contribution in [0.2, 0.25) is 5.02 Å². The molecule has 4 aromatic rings. The molecule has 1 fully saturated rings. The second-order valence-corrected chi connectivity index (χ2v) is 8.75. The molecule has 0 unspecified atom stereocenters. The molecule has 0 spiro atoms. The number of aromatic nitrogens is 3. The number of nitrogens with zero attached hydrogens (tertiary/aromatic N) is 4. The van der Waals surface area contributed by atoms with E-state index in [1.807, 2.05) is 30.3 Å². The van der Waals surface area contributed by atoms with Gasteiger partial charge in [-0.15, -0.1) is 0 Å². The summed E-state index contributed by atoms with van der Waals surface area (Å²) in [6.45, 7) is 4.50. The summed E-state index contributed by atoms with van der Waals surface area (Å²) >= 11 is 6.02. The third kappa shape index (κ3) is 4.27. The number of halogens is 1. The van der Waals surface area contributed by atoms with Crippen LogP contribution in [0, 0.1) is 0 Å². The summed E-state index contributed by atoms with van der Waals surface area (Å²) in [5.41, 5.74) is 3.28. The quantitative estimate of drug-likeness (QED) is 0.455. The van der Waals surface area contributed by atoms with Gasteiger partial charge in [0.05, 0.1) is 36.3 Å². The van der Waals surface area contributed by atoms with Crippen LogP contribution in [0.3, 0.4) is 0 Å². The molecule has 2 aromatic carbocycles. The highest BCUT2D eigenvalue weighted by molar-refractivity contribution is 6.30.